The Labute approximate surface area is 110 Å². The van der Waals surface area contributed by atoms with Gasteiger partial charge in [0.05, 0.1) is 12.0 Å². The fraction of sp³-hybridized carbons (Fsp3) is 0.455. The SMILES string of the molecule is COc1cc([C@H](N)C2CC2)cc([N+](=O)[O-])c1O.Cl. The Hall–Kier alpha value is -1.53. The Morgan fingerprint density at radius 1 is 1.56 bits per heavy atom. The third kappa shape index (κ3) is 2.65. The molecule has 1 aromatic rings. The summed E-state index contributed by atoms with van der Waals surface area (Å²) < 4.78 is 4.92. The first-order valence-corrected chi connectivity index (χ1v) is 5.35. The maximum absolute atomic E-state index is 10.8. The van der Waals surface area contributed by atoms with Gasteiger partial charge in [-0.25, -0.2) is 0 Å². The minimum absolute atomic E-state index is 0. The molecule has 0 aliphatic heterocycles. The average molecular weight is 275 g/mol. The molecule has 1 aliphatic rings. The summed E-state index contributed by atoms with van der Waals surface area (Å²) in [4.78, 5) is 10.2. The van der Waals surface area contributed by atoms with E-state index in [1.54, 1.807) is 6.07 Å². The van der Waals surface area contributed by atoms with Gasteiger partial charge < -0.3 is 15.6 Å². The highest BCUT2D eigenvalue weighted by Crippen LogP contribution is 2.44. The molecule has 7 heteroatoms. The number of benzene rings is 1. The Balaban J connectivity index is 0.00000162. The van der Waals surface area contributed by atoms with Crippen molar-refractivity contribution in [2.75, 3.05) is 7.11 Å². The average Bonchev–Trinajstić information content (AvgIpc) is 3.12. The van der Waals surface area contributed by atoms with Crippen LogP contribution in [-0.4, -0.2) is 17.1 Å². The van der Waals surface area contributed by atoms with Gasteiger partial charge in [0.15, 0.2) is 5.75 Å². The molecule has 0 amide bonds. The molecule has 100 valence electrons. The third-order valence-corrected chi connectivity index (χ3v) is 3.01. The number of nitro benzene ring substituents is 1. The van der Waals surface area contributed by atoms with Crippen LogP contribution in [0.4, 0.5) is 5.69 Å². The molecule has 18 heavy (non-hydrogen) atoms. The fourth-order valence-corrected chi connectivity index (χ4v) is 1.83. The van der Waals surface area contributed by atoms with Crippen molar-refractivity contribution in [3.8, 4) is 11.5 Å². The number of phenols is 1. The largest absolute Gasteiger partial charge is 0.500 e. The van der Waals surface area contributed by atoms with Crippen LogP contribution in [0.15, 0.2) is 12.1 Å². The summed E-state index contributed by atoms with van der Waals surface area (Å²) >= 11 is 0. The van der Waals surface area contributed by atoms with E-state index in [-0.39, 0.29) is 29.9 Å². The molecule has 1 aliphatic carbocycles. The van der Waals surface area contributed by atoms with Crippen molar-refractivity contribution in [3.05, 3.63) is 27.8 Å². The number of phenolic OH excluding ortho intramolecular Hbond substituents is 1. The molecule has 0 saturated heterocycles. The van der Waals surface area contributed by atoms with Gasteiger partial charge in [0.2, 0.25) is 5.75 Å². The minimum Gasteiger partial charge on any atom is -0.500 e. The summed E-state index contributed by atoms with van der Waals surface area (Å²) in [6, 6.07) is 2.65. The molecule has 1 saturated carbocycles. The predicted molar refractivity (Wildman–Crippen MR) is 68.2 cm³/mol. The standard InChI is InChI=1S/C11H14N2O4.ClH/c1-17-9-5-7(10(12)6-2-3-6)4-8(11(9)14)13(15)16;/h4-6,10,14H,2-3,12H2,1H3;1H/t10-;/m1./s1. The monoisotopic (exact) mass is 274 g/mol. The first-order valence-electron chi connectivity index (χ1n) is 5.35. The van der Waals surface area contributed by atoms with Gasteiger partial charge in [-0.2, -0.15) is 0 Å². The van der Waals surface area contributed by atoms with Crippen LogP contribution in [0.5, 0.6) is 11.5 Å². The van der Waals surface area contributed by atoms with Crippen LogP contribution in [-0.2, 0) is 0 Å². The quantitative estimate of drug-likeness (QED) is 0.647. The van der Waals surface area contributed by atoms with Crippen molar-refractivity contribution in [3.63, 3.8) is 0 Å². The van der Waals surface area contributed by atoms with Gasteiger partial charge >= 0.3 is 5.69 Å². The molecule has 0 bridgehead atoms. The normalized spacial score (nSPS) is 15.7. The van der Waals surface area contributed by atoms with E-state index >= 15 is 0 Å². The fourth-order valence-electron chi connectivity index (χ4n) is 1.83. The highest BCUT2D eigenvalue weighted by atomic mass is 35.5. The molecule has 0 heterocycles. The number of ether oxygens (including phenoxy) is 1. The lowest BCUT2D eigenvalue weighted by atomic mass is 10.0. The first-order chi connectivity index (χ1) is 8.04. The van der Waals surface area contributed by atoms with Gasteiger partial charge in [-0.1, -0.05) is 0 Å². The number of nitro groups is 1. The molecule has 0 spiro atoms. The maximum Gasteiger partial charge on any atom is 0.314 e. The lowest BCUT2D eigenvalue weighted by Gasteiger charge is -2.13. The molecule has 0 unspecified atom stereocenters. The first kappa shape index (κ1) is 14.5. The maximum atomic E-state index is 10.8. The van der Waals surface area contributed by atoms with E-state index < -0.39 is 10.7 Å². The van der Waals surface area contributed by atoms with E-state index in [1.165, 1.54) is 13.2 Å². The molecular weight excluding hydrogens is 260 g/mol. The zero-order valence-electron chi connectivity index (χ0n) is 9.83. The zero-order valence-corrected chi connectivity index (χ0v) is 10.6. The van der Waals surface area contributed by atoms with E-state index in [2.05, 4.69) is 0 Å². The Morgan fingerprint density at radius 2 is 2.17 bits per heavy atom. The number of halogens is 1. The summed E-state index contributed by atoms with van der Waals surface area (Å²) in [6.45, 7) is 0. The van der Waals surface area contributed by atoms with Gasteiger partial charge in [0.25, 0.3) is 0 Å². The summed E-state index contributed by atoms with van der Waals surface area (Å²) in [5.74, 6) is 0.0124. The van der Waals surface area contributed by atoms with Gasteiger partial charge in [-0.15, -0.1) is 12.4 Å². The van der Waals surface area contributed by atoms with E-state index in [0.29, 0.717) is 11.5 Å². The smallest absolute Gasteiger partial charge is 0.314 e. The Bertz CT molecular complexity index is 463. The second kappa shape index (κ2) is 5.41. The number of nitrogens with zero attached hydrogens (tertiary/aromatic N) is 1. The van der Waals surface area contributed by atoms with Crippen LogP contribution in [0.1, 0.15) is 24.4 Å². The van der Waals surface area contributed by atoms with Crippen molar-refractivity contribution in [2.24, 2.45) is 11.7 Å². The van der Waals surface area contributed by atoms with Gasteiger partial charge in [0.1, 0.15) is 0 Å². The molecule has 1 fully saturated rings. The van der Waals surface area contributed by atoms with Crippen molar-refractivity contribution >= 4 is 18.1 Å². The van der Waals surface area contributed by atoms with Gasteiger partial charge in [-0.3, -0.25) is 10.1 Å². The van der Waals surface area contributed by atoms with E-state index in [0.717, 1.165) is 12.8 Å². The third-order valence-electron chi connectivity index (χ3n) is 3.01. The minimum atomic E-state index is -0.638. The molecule has 0 aromatic heterocycles. The van der Waals surface area contributed by atoms with Crippen molar-refractivity contribution in [1.29, 1.82) is 0 Å². The van der Waals surface area contributed by atoms with Crippen molar-refractivity contribution < 1.29 is 14.8 Å². The molecule has 2 rings (SSSR count). The van der Waals surface area contributed by atoms with Crippen LogP contribution in [0, 0.1) is 16.0 Å². The van der Waals surface area contributed by atoms with E-state index in [1.807, 2.05) is 0 Å². The zero-order chi connectivity index (χ0) is 12.6. The van der Waals surface area contributed by atoms with Crippen LogP contribution in [0.25, 0.3) is 0 Å². The van der Waals surface area contributed by atoms with Crippen LogP contribution < -0.4 is 10.5 Å². The molecular formula is C11H15ClN2O4. The number of hydrogen-bond donors (Lipinski definition) is 2. The lowest BCUT2D eigenvalue weighted by molar-refractivity contribution is -0.386. The second-order valence-corrected chi connectivity index (χ2v) is 4.21. The van der Waals surface area contributed by atoms with Crippen molar-refractivity contribution in [2.45, 2.75) is 18.9 Å². The predicted octanol–water partition coefficient (Wildman–Crippen LogP) is 2.14. The van der Waals surface area contributed by atoms with E-state index in [4.69, 9.17) is 10.5 Å². The highest BCUT2D eigenvalue weighted by molar-refractivity contribution is 5.85. The second-order valence-electron chi connectivity index (χ2n) is 4.21. The molecule has 1 aromatic carbocycles. The van der Waals surface area contributed by atoms with E-state index in [9.17, 15) is 15.2 Å². The summed E-state index contributed by atoms with van der Waals surface area (Å²) in [5.41, 5.74) is 6.25. The number of aromatic hydroxyl groups is 1. The molecule has 3 N–H and O–H groups in total. The highest BCUT2D eigenvalue weighted by Gasteiger charge is 2.32. The number of rotatable bonds is 4. The molecule has 0 radical (unpaired) electrons. The van der Waals surface area contributed by atoms with Crippen molar-refractivity contribution in [1.82, 2.24) is 0 Å². The molecule has 1 atom stereocenters. The summed E-state index contributed by atoms with van der Waals surface area (Å²) in [5, 5.41) is 20.4. The molecule has 6 nitrogen and oxygen atoms in total. The summed E-state index contributed by atoms with van der Waals surface area (Å²) in [7, 11) is 1.35. The van der Waals surface area contributed by atoms with Crippen LogP contribution in [0.3, 0.4) is 0 Å². The lowest BCUT2D eigenvalue weighted by Crippen LogP contribution is -2.12. The van der Waals surface area contributed by atoms with Crippen LogP contribution >= 0.6 is 12.4 Å². The summed E-state index contributed by atoms with van der Waals surface area (Å²) in [6.07, 6.45) is 2.08. The van der Waals surface area contributed by atoms with Gasteiger partial charge in [-0.05, 0) is 30.4 Å². The van der Waals surface area contributed by atoms with Crippen LogP contribution in [0.2, 0.25) is 0 Å². The topological polar surface area (TPSA) is 98.6 Å². The number of nitrogens with two attached hydrogens (primary N) is 1. The van der Waals surface area contributed by atoms with Gasteiger partial charge in [0, 0.05) is 12.1 Å². The number of methoxy groups -OCH3 is 1. The Kier molecular flexibility index (Phi) is 4.37. The number of hydrogen-bond acceptors (Lipinski definition) is 5. The Morgan fingerprint density at radius 3 is 2.61 bits per heavy atom.